The lowest BCUT2D eigenvalue weighted by Gasteiger charge is -2.04. The van der Waals surface area contributed by atoms with Gasteiger partial charge in [0.15, 0.2) is 0 Å². The standard InChI is InChI=1S/C9H10/c1-2-9-6-4-3-5-8(9)7-9/h2-6,8H,1,7H2. The Labute approximate surface area is 55.6 Å². The molecule has 0 spiro atoms. The largest absolute Gasteiger partial charge is 0.102 e. The first-order valence-corrected chi connectivity index (χ1v) is 3.37. The molecular formula is C9H10. The summed E-state index contributed by atoms with van der Waals surface area (Å²) in [5, 5.41) is 0. The quantitative estimate of drug-likeness (QED) is 0.463. The molecule has 2 atom stereocenters. The highest BCUT2D eigenvalue weighted by atomic mass is 14.5. The van der Waals surface area contributed by atoms with E-state index in [0.717, 1.165) is 5.92 Å². The Morgan fingerprint density at radius 1 is 1.56 bits per heavy atom. The third-order valence-electron chi connectivity index (χ3n) is 2.34. The summed E-state index contributed by atoms with van der Waals surface area (Å²) >= 11 is 0. The van der Waals surface area contributed by atoms with Crippen LogP contribution in [0.1, 0.15) is 6.42 Å². The molecule has 0 saturated heterocycles. The molecule has 0 heterocycles. The summed E-state index contributed by atoms with van der Waals surface area (Å²) in [5.41, 5.74) is 0.384. The van der Waals surface area contributed by atoms with Crippen LogP contribution in [-0.4, -0.2) is 0 Å². The number of hydrogen-bond donors (Lipinski definition) is 0. The van der Waals surface area contributed by atoms with Gasteiger partial charge in [-0.15, -0.1) is 6.58 Å². The molecule has 46 valence electrons. The van der Waals surface area contributed by atoms with Crippen molar-refractivity contribution in [2.75, 3.05) is 0 Å². The summed E-state index contributed by atoms with van der Waals surface area (Å²) in [6.07, 6.45) is 12.1. The third-order valence-corrected chi connectivity index (χ3v) is 2.34. The first-order valence-electron chi connectivity index (χ1n) is 3.37. The molecule has 9 heavy (non-hydrogen) atoms. The zero-order valence-electron chi connectivity index (χ0n) is 5.38. The van der Waals surface area contributed by atoms with Crippen molar-refractivity contribution in [1.82, 2.24) is 0 Å². The monoisotopic (exact) mass is 118 g/mol. The van der Waals surface area contributed by atoms with Crippen LogP contribution in [0.25, 0.3) is 0 Å². The van der Waals surface area contributed by atoms with E-state index in [1.807, 2.05) is 0 Å². The van der Waals surface area contributed by atoms with E-state index in [9.17, 15) is 0 Å². The van der Waals surface area contributed by atoms with Gasteiger partial charge in [-0.3, -0.25) is 0 Å². The van der Waals surface area contributed by atoms with Gasteiger partial charge in [0, 0.05) is 5.41 Å². The Morgan fingerprint density at radius 3 is 3.00 bits per heavy atom. The van der Waals surface area contributed by atoms with Gasteiger partial charge in [-0.05, 0) is 12.3 Å². The van der Waals surface area contributed by atoms with Crippen molar-refractivity contribution in [2.24, 2.45) is 11.3 Å². The van der Waals surface area contributed by atoms with Crippen LogP contribution in [0.15, 0.2) is 37.0 Å². The van der Waals surface area contributed by atoms with Crippen LogP contribution in [0.4, 0.5) is 0 Å². The molecule has 0 heteroatoms. The third kappa shape index (κ3) is 0.533. The highest BCUT2D eigenvalue weighted by molar-refractivity contribution is 5.33. The minimum atomic E-state index is 0.384. The maximum Gasteiger partial charge on any atom is 0.0131 e. The van der Waals surface area contributed by atoms with Gasteiger partial charge in [0.2, 0.25) is 0 Å². The molecule has 2 rings (SSSR count). The minimum absolute atomic E-state index is 0.384. The number of hydrogen-bond acceptors (Lipinski definition) is 0. The normalized spacial score (nSPS) is 44.2. The Morgan fingerprint density at radius 2 is 2.44 bits per heavy atom. The Balaban J connectivity index is 2.32. The highest BCUT2D eigenvalue weighted by Gasteiger charge is 2.48. The molecule has 0 aliphatic heterocycles. The molecule has 0 radical (unpaired) electrons. The second-order valence-corrected chi connectivity index (χ2v) is 2.87. The molecule has 0 N–H and O–H groups in total. The van der Waals surface area contributed by atoms with Crippen molar-refractivity contribution in [2.45, 2.75) is 6.42 Å². The van der Waals surface area contributed by atoms with Crippen molar-refractivity contribution in [3.05, 3.63) is 37.0 Å². The lowest BCUT2D eigenvalue weighted by atomic mass is 10.0. The van der Waals surface area contributed by atoms with E-state index >= 15 is 0 Å². The van der Waals surface area contributed by atoms with E-state index in [-0.39, 0.29) is 0 Å². The average Bonchev–Trinajstić information content (AvgIpc) is 2.62. The fraction of sp³-hybridized carbons (Fsp3) is 0.333. The van der Waals surface area contributed by atoms with Crippen LogP contribution < -0.4 is 0 Å². The Hall–Kier alpha value is -0.780. The van der Waals surface area contributed by atoms with E-state index in [4.69, 9.17) is 0 Å². The van der Waals surface area contributed by atoms with Crippen LogP contribution >= 0.6 is 0 Å². The molecule has 0 aromatic carbocycles. The van der Waals surface area contributed by atoms with E-state index in [2.05, 4.69) is 37.0 Å². The van der Waals surface area contributed by atoms with Crippen LogP contribution in [-0.2, 0) is 0 Å². The molecule has 1 fully saturated rings. The fourth-order valence-electron chi connectivity index (χ4n) is 1.50. The Bertz CT molecular complexity index is 198. The summed E-state index contributed by atoms with van der Waals surface area (Å²) < 4.78 is 0. The lowest BCUT2D eigenvalue weighted by molar-refractivity contribution is 0.785. The number of rotatable bonds is 1. The maximum absolute atomic E-state index is 3.81. The second kappa shape index (κ2) is 1.38. The van der Waals surface area contributed by atoms with Crippen LogP contribution in [0.5, 0.6) is 0 Å². The van der Waals surface area contributed by atoms with Gasteiger partial charge in [-0.2, -0.15) is 0 Å². The predicted molar refractivity (Wildman–Crippen MR) is 39.0 cm³/mol. The molecular weight excluding hydrogens is 108 g/mol. The zero-order chi connectivity index (χ0) is 6.32. The predicted octanol–water partition coefficient (Wildman–Crippen LogP) is 2.30. The first-order chi connectivity index (χ1) is 4.37. The molecule has 0 aromatic rings. The fourth-order valence-corrected chi connectivity index (χ4v) is 1.50. The molecule has 1 saturated carbocycles. The van der Waals surface area contributed by atoms with Gasteiger partial charge in [0.05, 0.1) is 0 Å². The van der Waals surface area contributed by atoms with Gasteiger partial charge < -0.3 is 0 Å². The Kier molecular flexibility index (Phi) is 0.774. The molecule has 2 unspecified atom stereocenters. The smallest absolute Gasteiger partial charge is 0.0131 e. The molecule has 0 bridgehead atoms. The van der Waals surface area contributed by atoms with E-state index in [0.29, 0.717) is 5.41 Å². The summed E-state index contributed by atoms with van der Waals surface area (Å²) in [5.74, 6) is 0.778. The summed E-state index contributed by atoms with van der Waals surface area (Å²) in [6, 6.07) is 0. The van der Waals surface area contributed by atoms with Crippen molar-refractivity contribution >= 4 is 0 Å². The number of allylic oxidation sites excluding steroid dienone is 5. The maximum atomic E-state index is 3.81. The number of fused-ring (bicyclic) bond motifs is 1. The van der Waals surface area contributed by atoms with Gasteiger partial charge >= 0.3 is 0 Å². The molecule has 2 aliphatic rings. The van der Waals surface area contributed by atoms with Crippen LogP contribution in [0.2, 0.25) is 0 Å². The SMILES string of the molecule is C=CC12C=CC=CC1C2. The van der Waals surface area contributed by atoms with E-state index < -0.39 is 0 Å². The average molecular weight is 118 g/mol. The van der Waals surface area contributed by atoms with Gasteiger partial charge in [-0.25, -0.2) is 0 Å². The van der Waals surface area contributed by atoms with Gasteiger partial charge in [-0.1, -0.05) is 30.4 Å². The summed E-state index contributed by atoms with van der Waals surface area (Å²) in [6.45, 7) is 3.81. The molecule has 0 nitrogen and oxygen atoms in total. The molecule has 0 aromatic heterocycles. The van der Waals surface area contributed by atoms with Crippen molar-refractivity contribution in [3.8, 4) is 0 Å². The minimum Gasteiger partial charge on any atom is -0.102 e. The van der Waals surface area contributed by atoms with E-state index in [1.165, 1.54) is 6.42 Å². The van der Waals surface area contributed by atoms with Gasteiger partial charge in [0.1, 0.15) is 0 Å². The van der Waals surface area contributed by atoms with Crippen molar-refractivity contribution in [3.63, 3.8) is 0 Å². The molecule has 0 amide bonds. The van der Waals surface area contributed by atoms with Crippen molar-refractivity contribution in [1.29, 1.82) is 0 Å². The molecule has 2 aliphatic carbocycles. The topological polar surface area (TPSA) is 0 Å². The zero-order valence-corrected chi connectivity index (χ0v) is 5.38. The highest BCUT2D eigenvalue weighted by Crippen LogP contribution is 2.56. The summed E-state index contributed by atoms with van der Waals surface area (Å²) in [4.78, 5) is 0. The second-order valence-electron chi connectivity index (χ2n) is 2.87. The van der Waals surface area contributed by atoms with E-state index in [1.54, 1.807) is 0 Å². The van der Waals surface area contributed by atoms with Crippen LogP contribution in [0, 0.1) is 11.3 Å². The van der Waals surface area contributed by atoms with Gasteiger partial charge in [0.25, 0.3) is 0 Å². The lowest BCUT2D eigenvalue weighted by Crippen LogP contribution is -1.94. The van der Waals surface area contributed by atoms with Crippen molar-refractivity contribution < 1.29 is 0 Å². The van der Waals surface area contributed by atoms with Crippen LogP contribution in [0.3, 0.4) is 0 Å². The summed E-state index contributed by atoms with van der Waals surface area (Å²) in [7, 11) is 0. The first kappa shape index (κ1) is 5.04.